The highest BCUT2D eigenvalue weighted by atomic mass is 35.5. The van der Waals surface area contributed by atoms with E-state index < -0.39 is 17.9 Å². The lowest BCUT2D eigenvalue weighted by Gasteiger charge is -2.21. The molecule has 8 nitrogen and oxygen atoms in total. The molecule has 4 rings (SSSR count). The molecular formula is C23H24ClN5O3. The van der Waals surface area contributed by atoms with Gasteiger partial charge >= 0.3 is 6.09 Å². The van der Waals surface area contributed by atoms with Gasteiger partial charge in [-0.1, -0.05) is 23.7 Å². The molecule has 0 saturated carbocycles. The molecular weight excluding hydrogens is 430 g/mol. The van der Waals surface area contributed by atoms with E-state index in [1.54, 1.807) is 40.0 Å². The molecule has 1 aromatic heterocycles. The molecule has 0 spiro atoms. The minimum absolute atomic E-state index is 0.476. The molecule has 2 heterocycles. The quantitative estimate of drug-likeness (QED) is 0.625. The molecule has 0 aliphatic carbocycles. The van der Waals surface area contributed by atoms with Gasteiger partial charge in [0.2, 0.25) is 0 Å². The zero-order chi connectivity index (χ0) is 23.0. The van der Waals surface area contributed by atoms with Gasteiger partial charge in [0.1, 0.15) is 17.2 Å². The first kappa shape index (κ1) is 21.8. The van der Waals surface area contributed by atoms with E-state index in [2.05, 4.69) is 15.5 Å². The van der Waals surface area contributed by atoms with Crippen LogP contribution in [-0.4, -0.2) is 39.3 Å². The fourth-order valence-electron chi connectivity index (χ4n) is 3.49. The molecule has 0 fully saturated rings. The second kappa shape index (κ2) is 8.27. The van der Waals surface area contributed by atoms with Crippen LogP contribution < -0.4 is 10.1 Å². The predicted octanol–water partition coefficient (Wildman–Crippen LogP) is 4.61. The Morgan fingerprint density at radius 1 is 1.12 bits per heavy atom. The first-order valence-electron chi connectivity index (χ1n) is 10.1. The number of hydrogen-bond donors (Lipinski definition) is 1. The number of rotatable bonds is 3. The molecule has 2 aromatic carbocycles. The lowest BCUT2D eigenvalue weighted by Crippen LogP contribution is -2.35. The standard InChI is InChI=1S/C23H24ClN5O3/c1-13-27-28-21-20(26-22(30)32-23(2,3)4)25-19(14-6-8-15(24)9-7-14)17-12-16(31-5)10-11-18(17)29(13)21/h6-12,20H,1-5H3,(H,26,30). The van der Waals surface area contributed by atoms with E-state index in [1.807, 2.05) is 41.8 Å². The zero-order valence-electron chi connectivity index (χ0n) is 18.5. The Morgan fingerprint density at radius 3 is 2.50 bits per heavy atom. The van der Waals surface area contributed by atoms with Crippen LogP contribution in [-0.2, 0) is 4.74 Å². The fraction of sp³-hybridized carbons (Fsp3) is 0.304. The van der Waals surface area contributed by atoms with E-state index in [0.29, 0.717) is 28.1 Å². The summed E-state index contributed by atoms with van der Waals surface area (Å²) >= 11 is 6.11. The van der Waals surface area contributed by atoms with Crippen LogP contribution in [0.4, 0.5) is 4.79 Å². The normalized spacial score (nSPS) is 15.2. The van der Waals surface area contributed by atoms with Crippen molar-refractivity contribution >= 4 is 23.4 Å². The number of aromatic nitrogens is 3. The van der Waals surface area contributed by atoms with Gasteiger partial charge in [-0.15, -0.1) is 10.2 Å². The fourth-order valence-corrected chi connectivity index (χ4v) is 3.62. The lowest BCUT2D eigenvalue weighted by molar-refractivity contribution is 0.0503. The summed E-state index contributed by atoms with van der Waals surface area (Å²) in [5.41, 5.74) is 2.46. The second-order valence-electron chi connectivity index (χ2n) is 8.36. The molecule has 3 aromatic rings. The summed E-state index contributed by atoms with van der Waals surface area (Å²) in [6, 6.07) is 13.1. The first-order chi connectivity index (χ1) is 15.2. The number of fused-ring (bicyclic) bond motifs is 3. The van der Waals surface area contributed by atoms with Crippen molar-refractivity contribution in [1.29, 1.82) is 0 Å². The maximum absolute atomic E-state index is 12.6. The molecule has 1 amide bonds. The number of amides is 1. The zero-order valence-corrected chi connectivity index (χ0v) is 19.3. The third-order valence-corrected chi connectivity index (χ3v) is 5.08. The minimum atomic E-state index is -0.824. The predicted molar refractivity (Wildman–Crippen MR) is 122 cm³/mol. The van der Waals surface area contributed by atoms with Gasteiger partial charge in [-0.05, 0) is 58.0 Å². The van der Waals surface area contributed by atoms with Crippen LogP contribution in [0.1, 0.15) is 49.7 Å². The number of carbonyl (C=O) groups is 1. The summed E-state index contributed by atoms with van der Waals surface area (Å²) in [5, 5.41) is 12.0. The van der Waals surface area contributed by atoms with Crippen LogP contribution >= 0.6 is 11.6 Å². The van der Waals surface area contributed by atoms with Crippen molar-refractivity contribution in [2.75, 3.05) is 7.11 Å². The van der Waals surface area contributed by atoms with Crippen molar-refractivity contribution in [1.82, 2.24) is 20.1 Å². The maximum atomic E-state index is 12.6. The second-order valence-corrected chi connectivity index (χ2v) is 8.79. The van der Waals surface area contributed by atoms with Gasteiger partial charge in [0.15, 0.2) is 12.0 Å². The summed E-state index contributed by atoms with van der Waals surface area (Å²) in [6.45, 7) is 7.26. The SMILES string of the molecule is COc1ccc2c(c1)C(c1ccc(Cl)cc1)=NC(NC(=O)OC(C)(C)C)c1nnc(C)n1-2. The monoisotopic (exact) mass is 453 g/mol. The summed E-state index contributed by atoms with van der Waals surface area (Å²) in [4.78, 5) is 17.5. The largest absolute Gasteiger partial charge is 0.497 e. The molecule has 0 radical (unpaired) electrons. The number of aliphatic imine (C=N–C) groups is 1. The number of nitrogens with one attached hydrogen (secondary N) is 1. The summed E-state index contributed by atoms with van der Waals surface area (Å²) < 4.78 is 12.8. The molecule has 9 heteroatoms. The molecule has 0 bridgehead atoms. The Kier molecular flexibility index (Phi) is 5.64. The van der Waals surface area contributed by atoms with Gasteiger partial charge in [-0.2, -0.15) is 0 Å². The van der Waals surface area contributed by atoms with E-state index in [-0.39, 0.29) is 0 Å². The molecule has 0 saturated heterocycles. The molecule has 1 unspecified atom stereocenters. The van der Waals surface area contributed by atoms with E-state index in [1.165, 1.54) is 0 Å². The van der Waals surface area contributed by atoms with Crippen LogP contribution in [0.2, 0.25) is 5.02 Å². The van der Waals surface area contributed by atoms with Crippen molar-refractivity contribution in [2.45, 2.75) is 39.5 Å². The highest BCUT2D eigenvalue weighted by Gasteiger charge is 2.30. The lowest BCUT2D eigenvalue weighted by atomic mass is 10.00. The van der Waals surface area contributed by atoms with E-state index in [4.69, 9.17) is 26.1 Å². The van der Waals surface area contributed by atoms with Crippen LogP contribution in [0, 0.1) is 6.92 Å². The number of methoxy groups -OCH3 is 1. The smallest absolute Gasteiger partial charge is 0.409 e. The Balaban J connectivity index is 1.91. The van der Waals surface area contributed by atoms with Gasteiger partial charge in [-0.25, -0.2) is 4.79 Å². The number of halogens is 1. The number of aryl methyl sites for hydroxylation is 1. The summed E-state index contributed by atoms with van der Waals surface area (Å²) in [6.07, 6.45) is -1.42. The average molecular weight is 454 g/mol. The topological polar surface area (TPSA) is 90.6 Å². The van der Waals surface area contributed by atoms with E-state index in [0.717, 1.165) is 16.8 Å². The Bertz CT molecular complexity index is 1200. The number of nitrogens with zero attached hydrogens (tertiary/aromatic N) is 4. The highest BCUT2D eigenvalue weighted by Crippen LogP contribution is 2.32. The van der Waals surface area contributed by atoms with Crippen LogP contribution in [0.3, 0.4) is 0 Å². The number of benzene rings is 2. The summed E-state index contributed by atoms with van der Waals surface area (Å²) in [7, 11) is 1.61. The highest BCUT2D eigenvalue weighted by molar-refractivity contribution is 6.30. The van der Waals surface area contributed by atoms with Gasteiger partial charge in [0, 0.05) is 16.1 Å². The Morgan fingerprint density at radius 2 is 1.84 bits per heavy atom. The van der Waals surface area contributed by atoms with Gasteiger partial charge in [-0.3, -0.25) is 14.9 Å². The van der Waals surface area contributed by atoms with Gasteiger partial charge in [0.05, 0.1) is 18.5 Å². The molecule has 32 heavy (non-hydrogen) atoms. The van der Waals surface area contributed by atoms with Gasteiger partial charge < -0.3 is 9.47 Å². The molecule has 1 aliphatic heterocycles. The van der Waals surface area contributed by atoms with Crippen molar-refractivity contribution in [3.05, 3.63) is 70.3 Å². The molecule has 166 valence electrons. The summed E-state index contributed by atoms with van der Waals surface area (Å²) in [5.74, 6) is 1.81. The first-order valence-corrected chi connectivity index (χ1v) is 10.5. The van der Waals surface area contributed by atoms with E-state index in [9.17, 15) is 4.79 Å². The average Bonchev–Trinajstić information content (AvgIpc) is 3.05. The van der Waals surface area contributed by atoms with Crippen LogP contribution in [0.5, 0.6) is 5.75 Å². The van der Waals surface area contributed by atoms with Crippen molar-refractivity contribution in [2.24, 2.45) is 4.99 Å². The number of carbonyl (C=O) groups excluding carboxylic acids is 1. The molecule has 1 atom stereocenters. The number of alkyl carbamates (subject to hydrolysis) is 1. The number of hydrogen-bond acceptors (Lipinski definition) is 6. The maximum Gasteiger partial charge on any atom is 0.409 e. The van der Waals surface area contributed by atoms with Crippen molar-refractivity contribution < 1.29 is 14.3 Å². The minimum Gasteiger partial charge on any atom is -0.497 e. The van der Waals surface area contributed by atoms with Crippen molar-refractivity contribution in [3.63, 3.8) is 0 Å². The van der Waals surface area contributed by atoms with Gasteiger partial charge in [0.25, 0.3) is 0 Å². The third kappa shape index (κ3) is 4.31. The van der Waals surface area contributed by atoms with E-state index >= 15 is 0 Å². The third-order valence-electron chi connectivity index (χ3n) is 4.82. The van der Waals surface area contributed by atoms with Crippen molar-refractivity contribution in [3.8, 4) is 11.4 Å². The number of ether oxygens (including phenoxy) is 2. The Labute approximate surface area is 191 Å². The molecule has 1 N–H and O–H groups in total. The molecule has 1 aliphatic rings. The Hall–Kier alpha value is -3.39. The van der Waals surface area contributed by atoms with Crippen LogP contribution in [0.25, 0.3) is 5.69 Å². The van der Waals surface area contributed by atoms with Crippen LogP contribution in [0.15, 0.2) is 47.5 Å².